The molecule has 1 fully saturated rings. The molecule has 1 heterocycles. The molecule has 0 aliphatic carbocycles. The monoisotopic (exact) mass is 230 g/mol. The van der Waals surface area contributed by atoms with Crippen molar-refractivity contribution in [2.24, 2.45) is 0 Å². The predicted molar refractivity (Wildman–Crippen MR) is 65.8 cm³/mol. The highest BCUT2D eigenvalue weighted by Gasteiger charge is 2.09. The van der Waals surface area contributed by atoms with Crippen LogP contribution in [0, 0.1) is 0 Å². The average molecular weight is 230 g/mol. The topological polar surface area (TPSA) is 33.7 Å². The molecule has 1 unspecified atom stereocenters. The van der Waals surface area contributed by atoms with Gasteiger partial charge < -0.3 is 14.8 Å². The van der Waals surface area contributed by atoms with Crippen LogP contribution in [-0.2, 0) is 9.47 Å². The number of nitrogens with zero attached hydrogens (tertiary/aromatic N) is 1. The molecule has 0 aromatic rings. The Balaban J connectivity index is 1.97. The molecule has 4 nitrogen and oxygen atoms in total. The van der Waals surface area contributed by atoms with Crippen molar-refractivity contribution in [2.75, 3.05) is 53.1 Å². The second-order valence-corrected chi connectivity index (χ2v) is 4.32. The maximum atomic E-state index is 5.32. The summed E-state index contributed by atoms with van der Waals surface area (Å²) in [7, 11) is 1.76. The van der Waals surface area contributed by atoms with Crippen molar-refractivity contribution in [3.8, 4) is 0 Å². The minimum atomic E-state index is 0.509. The molecule has 0 saturated carbocycles. The van der Waals surface area contributed by atoms with Gasteiger partial charge in [-0.1, -0.05) is 6.92 Å². The van der Waals surface area contributed by atoms with Crippen molar-refractivity contribution in [1.29, 1.82) is 0 Å². The van der Waals surface area contributed by atoms with Crippen LogP contribution in [-0.4, -0.2) is 64.1 Å². The Hall–Kier alpha value is -0.160. The number of ether oxygens (including phenoxy) is 2. The van der Waals surface area contributed by atoms with E-state index in [1.54, 1.807) is 7.11 Å². The molecule has 0 bridgehead atoms. The van der Waals surface area contributed by atoms with Gasteiger partial charge in [0, 0.05) is 26.2 Å². The molecule has 0 radical (unpaired) electrons. The van der Waals surface area contributed by atoms with Crippen LogP contribution < -0.4 is 5.32 Å². The molecule has 16 heavy (non-hydrogen) atoms. The molecule has 1 rings (SSSR count). The smallest absolute Gasteiger partial charge is 0.0615 e. The van der Waals surface area contributed by atoms with Gasteiger partial charge in [0.1, 0.15) is 0 Å². The number of nitrogens with one attached hydrogen (secondary N) is 1. The third-order valence-corrected chi connectivity index (χ3v) is 3.05. The van der Waals surface area contributed by atoms with Crippen LogP contribution in [0.1, 0.15) is 19.8 Å². The summed E-state index contributed by atoms with van der Waals surface area (Å²) in [5.74, 6) is 0. The van der Waals surface area contributed by atoms with Crippen molar-refractivity contribution in [1.82, 2.24) is 10.2 Å². The molecule has 0 aromatic heterocycles. The molecule has 0 amide bonds. The van der Waals surface area contributed by atoms with E-state index in [1.807, 2.05) is 0 Å². The minimum absolute atomic E-state index is 0.509. The van der Waals surface area contributed by atoms with E-state index in [-0.39, 0.29) is 0 Å². The molecule has 0 aromatic carbocycles. The third-order valence-electron chi connectivity index (χ3n) is 3.05. The van der Waals surface area contributed by atoms with Gasteiger partial charge in [-0.05, 0) is 25.9 Å². The summed E-state index contributed by atoms with van der Waals surface area (Å²) >= 11 is 0. The minimum Gasteiger partial charge on any atom is -0.383 e. The molecule has 0 spiro atoms. The standard InChI is InChI=1S/C12H26N2O2/c1-3-12(11-15-2)13-5-4-6-14-7-9-16-10-8-14/h12-13H,3-11H2,1-2H3. The second-order valence-electron chi connectivity index (χ2n) is 4.32. The fourth-order valence-corrected chi connectivity index (χ4v) is 1.96. The Bertz CT molecular complexity index is 154. The maximum absolute atomic E-state index is 5.32. The van der Waals surface area contributed by atoms with Crippen molar-refractivity contribution in [3.05, 3.63) is 0 Å². The molecular weight excluding hydrogens is 204 g/mol. The lowest BCUT2D eigenvalue weighted by Crippen LogP contribution is -2.39. The van der Waals surface area contributed by atoms with Crippen LogP contribution in [0.15, 0.2) is 0 Å². The number of hydrogen-bond acceptors (Lipinski definition) is 4. The van der Waals surface area contributed by atoms with Crippen LogP contribution in [0.25, 0.3) is 0 Å². The molecule has 1 atom stereocenters. The van der Waals surface area contributed by atoms with E-state index < -0.39 is 0 Å². The zero-order chi connectivity index (χ0) is 11.6. The quantitative estimate of drug-likeness (QED) is 0.623. The molecule has 1 N–H and O–H groups in total. The zero-order valence-corrected chi connectivity index (χ0v) is 10.7. The van der Waals surface area contributed by atoms with E-state index >= 15 is 0 Å². The summed E-state index contributed by atoms with van der Waals surface area (Å²) in [6, 6.07) is 0.509. The number of morpholine rings is 1. The second kappa shape index (κ2) is 8.93. The van der Waals surface area contributed by atoms with Crippen molar-refractivity contribution >= 4 is 0 Å². The van der Waals surface area contributed by atoms with E-state index in [4.69, 9.17) is 9.47 Å². The van der Waals surface area contributed by atoms with Crippen LogP contribution in [0.3, 0.4) is 0 Å². The summed E-state index contributed by atoms with van der Waals surface area (Å²) in [4.78, 5) is 2.47. The summed E-state index contributed by atoms with van der Waals surface area (Å²) < 4.78 is 10.5. The number of hydrogen-bond donors (Lipinski definition) is 1. The Kier molecular flexibility index (Phi) is 7.76. The van der Waals surface area contributed by atoms with Gasteiger partial charge in [-0.25, -0.2) is 0 Å². The van der Waals surface area contributed by atoms with Gasteiger partial charge in [-0.2, -0.15) is 0 Å². The Labute approximate surface area is 99.3 Å². The zero-order valence-electron chi connectivity index (χ0n) is 10.7. The molecule has 1 aliphatic rings. The fraction of sp³-hybridized carbons (Fsp3) is 1.00. The fourth-order valence-electron chi connectivity index (χ4n) is 1.96. The van der Waals surface area contributed by atoms with Gasteiger partial charge in [0.25, 0.3) is 0 Å². The molecule has 4 heteroatoms. The normalized spacial score (nSPS) is 19.9. The van der Waals surface area contributed by atoms with Crippen LogP contribution in [0.2, 0.25) is 0 Å². The largest absolute Gasteiger partial charge is 0.383 e. The molecule has 1 saturated heterocycles. The van der Waals surface area contributed by atoms with Gasteiger partial charge >= 0.3 is 0 Å². The molecular formula is C12H26N2O2. The number of rotatable bonds is 8. The first kappa shape index (κ1) is 13.9. The van der Waals surface area contributed by atoms with Crippen LogP contribution in [0.4, 0.5) is 0 Å². The van der Waals surface area contributed by atoms with Crippen molar-refractivity contribution < 1.29 is 9.47 Å². The van der Waals surface area contributed by atoms with Gasteiger partial charge in [-0.3, -0.25) is 4.90 Å². The molecule has 1 aliphatic heterocycles. The first-order chi connectivity index (χ1) is 7.86. The third kappa shape index (κ3) is 5.80. The first-order valence-electron chi connectivity index (χ1n) is 6.39. The van der Waals surface area contributed by atoms with Gasteiger partial charge in [0.15, 0.2) is 0 Å². The summed E-state index contributed by atoms with van der Waals surface area (Å²) in [5.41, 5.74) is 0. The predicted octanol–water partition coefficient (Wildman–Crippen LogP) is 0.723. The lowest BCUT2D eigenvalue weighted by atomic mass is 10.2. The SMILES string of the molecule is CCC(COC)NCCCN1CCOCC1. The highest BCUT2D eigenvalue weighted by atomic mass is 16.5. The lowest BCUT2D eigenvalue weighted by Gasteiger charge is -2.26. The van der Waals surface area contributed by atoms with Crippen LogP contribution in [0.5, 0.6) is 0 Å². The highest BCUT2D eigenvalue weighted by molar-refractivity contribution is 4.66. The molecule has 96 valence electrons. The highest BCUT2D eigenvalue weighted by Crippen LogP contribution is 1.98. The van der Waals surface area contributed by atoms with Gasteiger partial charge in [0.05, 0.1) is 19.8 Å². The van der Waals surface area contributed by atoms with E-state index in [2.05, 4.69) is 17.1 Å². The van der Waals surface area contributed by atoms with Crippen molar-refractivity contribution in [2.45, 2.75) is 25.8 Å². The van der Waals surface area contributed by atoms with Gasteiger partial charge in [0.2, 0.25) is 0 Å². The first-order valence-corrected chi connectivity index (χ1v) is 6.39. The Morgan fingerprint density at radius 1 is 1.38 bits per heavy atom. The average Bonchev–Trinajstić information content (AvgIpc) is 2.34. The van der Waals surface area contributed by atoms with E-state index in [0.717, 1.165) is 45.9 Å². The summed E-state index contributed by atoms with van der Waals surface area (Å²) in [6.45, 7) is 9.25. The lowest BCUT2D eigenvalue weighted by molar-refractivity contribution is 0.0372. The Morgan fingerprint density at radius 3 is 2.75 bits per heavy atom. The van der Waals surface area contributed by atoms with Crippen LogP contribution >= 0.6 is 0 Å². The van der Waals surface area contributed by atoms with Gasteiger partial charge in [-0.15, -0.1) is 0 Å². The summed E-state index contributed by atoms with van der Waals surface area (Å²) in [6.07, 6.45) is 2.34. The van der Waals surface area contributed by atoms with E-state index in [9.17, 15) is 0 Å². The number of methoxy groups -OCH3 is 1. The van der Waals surface area contributed by atoms with E-state index in [1.165, 1.54) is 13.0 Å². The van der Waals surface area contributed by atoms with E-state index in [0.29, 0.717) is 6.04 Å². The Morgan fingerprint density at radius 2 is 2.12 bits per heavy atom. The maximum Gasteiger partial charge on any atom is 0.0615 e. The summed E-state index contributed by atoms with van der Waals surface area (Å²) in [5, 5.41) is 3.53. The van der Waals surface area contributed by atoms with Crippen molar-refractivity contribution in [3.63, 3.8) is 0 Å².